The molecule has 0 spiro atoms. The smallest absolute Gasteiger partial charge is 0.259 e. The number of fused-ring (bicyclic) bond motifs is 1. The van der Waals surface area contributed by atoms with Gasteiger partial charge in [-0.25, -0.2) is 0 Å². The van der Waals surface area contributed by atoms with E-state index in [0.717, 1.165) is 30.5 Å². The Morgan fingerprint density at radius 2 is 1.64 bits per heavy atom. The van der Waals surface area contributed by atoms with Gasteiger partial charge in [0, 0.05) is 50.8 Å². The van der Waals surface area contributed by atoms with Gasteiger partial charge >= 0.3 is 0 Å². The van der Waals surface area contributed by atoms with Crippen LogP contribution < -0.4 is 4.90 Å². The van der Waals surface area contributed by atoms with Crippen LogP contribution in [0.1, 0.15) is 32.7 Å². The molecule has 0 bridgehead atoms. The fourth-order valence-corrected chi connectivity index (χ4v) is 3.79. The molecule has 1 aromatic carbocycles. The van der Waals surface area contributed by atoms with E-state index in [-0.39, 0.29) is 11.8 Å². The van der Waals surface area contributed by atoms with Gasteiger partial charge in [0.15, 0.2) is 0 Å². The van der Waals surface area contributed by atoms with E-state index in [0.29, 0.717) is 43.9 Å². The lowest BCUT2D eigenvalue weighted by molar-refractivity contribution is -0.119. The minimum atomic E-state index is -0.160. The third kappa shape index (κ3) is 3.47. The number of benzene rings is 1. The lowest BCUT2D eigenvalue weighted by Gasteiger charge is -2.32. The highest BCUT2D eigenvalue weighted by atomic mass is 16.2. The molecule has 28 heavy (non-hydrogen) atoms. The molecule has 2 aromatic rings. The van der Waals surface area contributed by atoms with Crippen molar-refractivity contribution < 1.29 is 14.4 Å². The highest BCUT2D eigenvalue weighted by Crippen LogP contribution is 2.28. The Morgan fingerprint density at radius 3 is 2.39 bits per heavy atom. The van der Waals surface area contributed by atoms with E-state index in [1.54, 1.807) is 20.8 Å². The van der Waals surface area contributed by atoms with Gasteiger partial charge in [-0.15, -0.1) is 0 Å². The van der Waals surface area contributed by atoms with Gasteiger partial charge in [0.1, 0.15) is 0 Å². The molecule has 1 saturated heterocycles. The van der Waals surface area contributed by atoms with Crippen molar-refractivity contribution in [1.29, 1.82) is 0 Å². The van der Waals surface area contributed by atoms with Gasteiger partial charge < -0.3 is 14.7 Å². The normalized spacial score (nSPS) is 16.5. The topological polar surface area (TPSA) is 73.8 Å². The molecule has 3 heterocycles. The van der Waals surface area contributed by atoms with Crippen molar-refractivity contribution in [3.05, 3.63) is 59.4 Å². The number of amides is 3. The van der Waals surface area contributed by atoms with E-state index in [2.05, 4.69) is 4.98 Å². The number of hydrogen-bond acceptors (Lipinski definition) is 4. The highest BCUT2D eigenvalue weighted by molar-refractivity contribution is 6.08. The maximum Gasteiger partial charge on any atom is 0.259 e. The molecule has 7 heteroatoms. The van der Waals surface area contributed by atoms with Crippen molar-refractivity contribution in [2.24, 2.45) is 0 Å². The zero-order chi connectivity index (χ0) is 19.5. The maximum absolute atomic E-state index is 13.1. The number of aryl methyl sites for hydroxylation is 1. The van der Waals surface area contributed by atoms with Crippen molar-refractivity contribution in [3.8, 4) is 0 Å². The quantitative estimate of drug-likeness (QED) is 0.761. The zero-order valence-electron chi connectivity index (χ0n) is 15.6. The number of pyridine rings is 1. The zero-order valence-corrected chi connectivity index (χ0v) is 15.6. The second-order valence-electron chi connectivity index (χ2n) is 7.08. The van der Waals surface area contributed by atoms with Crippen LogP contribution in [0.15, 0.2) is 42.7 Å². The molecule has 7 nitrogen and oxygen atoms in total. The molecule has 2 aliphatic heterocycles. The molecule has 3 amide bonds. The number of nitrogens with zero attached hydrogens (tertiary/aromatic N) is 4. The van der Waals surface area contributed by atoms with Crippen LogP contribution in [0.2, 0.25) is 0 Å². The molecular weight excluding hydrogens is 356 g/mol. The van der Waals surface area contributed by atoms with Crippen molar-refractivity contribution in [2.75, 3.05) is 37.6 Å². The summed E-state index contributed by atoms with van der Waals surface area (Å²) >= 11 is 0. The Hall–Kier alpha value is -3.22. The monoisotopic (exact) mass is 378 g/mol. The number of anilines is 1. The van der Waals surface area contributed by atoms with E-state index in [1.807, 2.05) is 24.3 Å². The Kier molecular flexibility index (Phi) is 5.06. The van der Waals surface area contributed by atoms with Gasteiger partial charge in [-0.05, 0) is 30.5 Å². The summed E-state index contributed by atoms with van der Waals surface area (Å²) in [6.07, 6.45) is 5.69. The summed E-state index contributed by atoms with van der Waals surface area (Å²) in [6, 6.07) is 9.55. The molecule has 4 rings (SSSR count). The summed E-state index contributed by atoms with van der Waals surface area (Å²) in [4.78, 5) is 46.0. The minimum Gasteiger partial charge on any atom is -0.342 e. The molecular formula is C21H22N4O3. The molecule has 0 aliphatic carbocycles. The first kappa shape index (κ1) is 18.2. The summed E-state index contributed by atoms with van der Waals surface area (Å²) in [6.45, 7) is 2.66. The SMILES string of the molecule is O=CN1CCN(C(=O)c2cncc(C(=O)N3CCCc4ccccc43)c2)CC1. The number of rotatable bonds is 3. The summed E-state index contributed by atoms with van der Waals surface area (Å²) in [7, 11) is 0. The van der Waals surface area contributed by atoms with Gasteiger partial charge in [-0.1, -0.05) is 18.2 Å². The van der Waals surface area contributed by atoms with E-state index >= 15 is 0 Å². The average molecular weight is 378 g/mol. The minimum absolute atomic E-state index is 0.139. The molecule has 0 radical (unpaired) electrons. The van der Waals surface area contributed by atoms with Crippen LogP contribution >= 0.6 is 0 Å². The molecule has 144 valence electrons. The second kappa shape index (κ2) is 7.80. The first-order valence-corrected chi connectivity index (χ1v) is 9.51. The summed E-state index contributed by atoms with van der Waals surface area (Å²) in [5.74, 6) is -0.299. The number of hydrogen-bond donors (Lipinski definition) is 0. The Morgan fingerprint density at radius 1 is 0.929 bits per heavy atom. The van der Waals surface area contributed by atoms with Gasteiger partial charge in [-0.2, -0.15) is 0 Å². The number of para-hydroxylation sites is 1. The van der Waals surface area contributed by atoms with Crippen LogP contribution in [0.25, 0.3) is 0 Å². The number of aromatic nitrogens is 1. The van der Waals surface area contributed by atoms with E-state index < -0.39 is 0 Å². The third-order valence-electron chi connectivity index (χ3n) is 5.34. The van der Waals surface area contributed by atoms with Crippen LogP contribution in [0, 0.1) is 0 Å². The Bertz CT molecular complexity index is 906. The van der Waals surface area contributed by atoms with Crippen molar-refractivity contribution in [2.45, 2.75) is 12.8 Å². The van der Waals surface area contributed by atoms with Gasteiger partial charge in [0.2, 0.25) is 6.41 Å². The Labute approximate surface area is 163 Å². The van der Waals surface area contributed by atoms with E-state index in [4.69, 9.17) is 0 Å². The molecule has 0 N–H and O–H groups in total. The molecule has 2 aliphatic rings. The number of carbonyl (C=O) groups excluding carboxylic acids is 3. The number of piperazine rings is 1. The second-order valence-corrected chi connectivity index (χ2v) is 7.08. The first-order valence-electron chi connectivity index (χ1n) is 9.51. The largest absolute Gasteiger partial charge is 0.342 e. The third-order valence-corrected chi connectivity index (χ3v) is 5.34. The molecule has 0 atom stereocenters. The predicted molar refractivity (Wildman–Crippen MR) is 104 cm³/mol. The van der Waals surface area contributed by atoms with Crippen LogP contribution in [0.4, 0.5) is 5.69 Å². The van der Waals surface area contributed by atoms with E-state index in [1.165, 1.54) is 12.4 Å². The molecule has 1 aromatic heterocycles. The standard InChI is InChI=1S/C21H22N4O3/c26-15-23-8-10-24(11-9-23)20(27)17-12-18(14-22-13-17)21(28)25-7-3-5-16-4-1-2-6-19(16)25/h1-2,4,6,12-15H,3,5,7-11H2. The summed E-state index contributed by atoms with van der Waals surface area (Å²) in [5, 5.41) is 0. The van der Waals surface area contributed by atoms with Crippen molar-refractivity contribution >= 4 is 23.9 Å². The maximum atomic E-state index is 13.1. The van der Waals surface area contributed by atoms with Crippen molar-refractivity contribution in [1.82, 2.24) is 14.8 Å². The fraction of sp³-hybridized carbons (Fsp3) is 0.333. The van der Waals surface area contributed by atoms with E-state index in [9.17, 15) is 14.4 Å². The van der Waals surface area contributed by atoms with Crippen LogP contribution in [-0.4, -0.2) is 65.7 Å². The Balaban J connectivity index is 1.54. The van der Waals surface area contributed by atoms with Crippen molar-refractivity contribution in [3.63, 3.8) is 0 Å². The molecule has 0 saturated carbocycles. The summed E-state index contributed by atoms with van der Waals surface area (Å²) in [5.41, 5.74) is 2.90. The van der Waals surface area contributed by atoms with Crippen LogP contribution in [-0.2, 0) is 11.2 Å². The number of carbonyl (C=O) groups is 3. The first-order chi connectivity index (χ1) is 13.7. The molecule has 1 fully saturated rings. The van der Waals surface area contributed by atoms with Gasteiger partial charge in [0.25, 0.3) is 11.8 Å². The van der Waals surface area contributed by atoms with Crippen LogP contribution in [0.5, 0.6) is 0 Å². The van der Waals surface area contributed by atoms with Crippen LogP contribution in [0.3, 0.4) is 0 Å². The van der Waals surface area contributed by atoms with Gasteiger partial charge in [0.05, 0.1) is 11.1 Å². The predicted octanol–water partition coefficient (Wildman–Crippen LogP) is 1.59. The summed E-state index contributed by atoms with van der Waals surface area (Å²) < 4.78 is 0. The van der Waals surface area contributed by atoms with Gasteiger partial charge in [-0.3, -0.25) is 19.4 Å². The fourth-order valence-electron chi connectivity index (χ4n) is 3.79. The lowest BCUT2D eigenvalue weighted by Crippen LogP contribution is -2.48. The average Bonchev–Trinajstić information content (AvgIpc) is 2.78. The lowest BCUT2D eigenvalue weighted by atomic mass is 10.0. The highest BCUT2D eigenvalue weighted by Gasteiger charge is 2.26. The molecule has 0 unspecified atom stereocenters.